The highest BCUT2D eigenvalue weighted by Gasteiger charge is 2.37. The Morgan fingerprint density at radius 1 is 1.25 bits per heavy atom. The Bertz CT molecular complexity index is 538. The topological polar surface area (TPSA) is 37.4 Å². The zero-order valence-electron chi connectivity index (χ0n) is 9.20. The van der Waals surface area contributed by atoms with Gasteiger partial charge in [0.25, 0.3) is 11.7 Å². The first-order chi connectivity index (χ1) is 7.57. The maximum absolute atomic E-state index is 11.8. The highest BCUT2D eigenvalue weighted by molar-refractivity contribution is 6.52. The average molecular weight is 213 g/mol. The lowest BCUT2D eigenvalue weighted by Crippen LogP contribution is -2.30. The van der Waals surface area contributed by atoms with E-state index in [9.17, 15) is 9.59 Å². The Kier molecular flexibility index (Phi) is 2.28. The van der Waals surface area contributed by atoms with E-state index in [0.717, 1.165) is 11.1 Å². The molecule has 1 aromatic rings. The number of carbonyl (C=O) groups excluding carboxylic acids is 2. The number of rotatable bonds is 1. The average Bonchev–Trinajstić information content (AvgIpc) is 2.50. The number of anilines is 1. The molecule has 3 nitrogen and oxygen atoms in total. The minimum Gasteiger partial charge on any atom is -0.293 e. The summed E-state index contributed by atoms with van der Waals surface area (Å²) in [5.74, 6) is 1.43. The van der Waals surface area contributed by atoms with Crippen LogP contribution in [0.15, 0.2) is 12.1 Å². The number of aryl methyl sites for hydroxylation is 2. The number of hydrogen-bond donors (Lipinski definition) is 0. The lowest BCUT2D eigenvalue weighted by Gasteiger charge is -2.15. The van der Waals surface area contributed by atoms with Crippen molar-refractivity contribution in [1.29, 1.82) is 0 Å². The van der Waals surface area contributed by atoms with Gasteiger partial charge in [-0.05, 0) is 25.0 Å². The van der Waals surface area contributed by atoms with Crippen molar-refractivity contribution in [3.8, 4) is 12.3 Å². The summed E-state index contributed by atoms with van der Waals surface area (Å²) in [6, 6.07) is 3.74. The molecule has 1 heterocycles. The molecule has 0 saturated carbocycles. The van der Waals surface area contributed by atoms with Crippen LogP contribution in [-0.4, -0.2) is 18.2 Å². The summed E-state index contributed by atoms with van der Waals surface area (Å²) in [5.41, 5.74) is 2.89. The SMILES string of the molecule is C#CCN1C(=O)C(=O)c2c(C)ccc(C)c21. The quantitative estimate of drug-likeness (QED) is 0.523. The van der Waals surface area contributed by atoms with Gasteiger partial charge in [0.1, 0.15) is 0 Å². The zero-order valence-corrected chi connectivity index (χ0v) is 9.20. The Morgan fingerprint density at radius 2 is 1.88 bits per heavy atom. The van der Waals surface area contributed by atoms with Crippen molar-refractivity contribution in [2.45, 2.75) is 13.8 Å². The highest BCUT2D eigenvalue weighted by Crippen LogP contribution is 2.34. The second-order valence-corrected chi connectivity index (χ2v) is 3.85. The molecule has 0 atom stereocenters. The van der Waals surface area contributed by atoms with E-state index >= 15 is 0 Å². The molecular weight excluding hydrogens is 202 g/mol. The molecule has 0 unspecified atom stereocenters. The van der Waals surface area contributed by atoms with Gasteiger partial charge in [0.05, 0.1) is 17.8 Å². The van der Waals surface area contributed by atoms with Gasteiger partial charge in [-0.1, -0.05) is 18.1 Å². The predicted molar refractivity (Wildman–Crippen MR) is 61.4 cm³/mol. The van der Waals surface area contributed by atoms with E-state index in [0.29, 0.717) is 11.3 Å². The number of carbonyl (C=O) groups is 2. The second kappa shape index (κ2) is 3.49. The molecule has 2 rings (SSSR count). The monoisotopic (exact) mass is 213 g/mol. The smallest absolute Gasteiger partial charge is 0.293 e. The maximum Gasteiger partial charge on any atom is 0.300 e. The van der Waals surface area contributed by atoms with E-state index in [1.807, 2.05) is 26.0 Å². The molecule has 0 aromatic heterocycles. The van der Waals surface area contributed by atoms with Crippen molar-refractivity contribution < 1.29 is 9.59 Å². The molecule has 3 heteroatoms. The summed E-state index contributed by atoms with van der Waals surface area (Å²) in [7, 11) is 0. The van der Waals surface area contributed by atoms with Gasteiger partial charge in [-0.2, -0.15) is 0 Å². The Labute approximate surface area is 94.1 Å². The van der Waals surface area contributed by atoms with E-state index in [-0.39, 0.29) is 6.54 Å². The third-order valence-corrected chi connectivity index (χ3v) is 2.77. The first-order valence-corrected chi connectivity index (χ1v) is 4.97. The molecule has 0 N–H and O–H groups in total. The number of ketones is 1. The number of Topliss-reactive ketones (excluding diaryl/α,β-unsaturated/α-hetero) is 1. The van der Waals surface area contributed by atoms with Crippen molar-refractivity contribution in [3.63, 3.8) is 0 Å². The van der Waals surface area contributed by atoms with Crippen LogP contribution in [0.1, 0.15) is 21.5 Å². The van der Waals surface area contributed by atoms with Crippen LogP contribution in [0.3, 0.4) is 0 Å². The van der Waals surface area contributed by atoms with Crippen LogP contribution in [0, 0.1) is 26.2 Å². The van der Waals surface area contributed by atoms with Crippen molar-refractivity contribution in [3.05, 3.63) is 28.8 Å². The summed E-state index contributed by atoms with van der Waals surface area (Å²) in [6.45, 7) is 3.83. The number of hydrogen-bond acceptors (Lipinski definition) is 2. The van der Waals surface area contributed by atoms with Gasteiger partial charge < -0.3 is 0 Å². The molecule has 80 valence electrons. The van der Waals surface area contributed by atoms with Gasteiger partial charge in [-0.15, -0.1) is 6.42 Å². The third-order valence-electron chi connectivity index (χ3n) is 2.77. The van der Waals surface area contributed by atoms with Crippen molar-refractivity contribution in [2.75, 3.05) is 11.4 Å². The largest absolute Gasteiger partial charge is 0.300 e. The predicted octanol–water partition coefficient (Wildman–Crippen LogP) is 1.47. The number of amides is 1. The van der Waals surface area contributed by atoms with Crippen LogP contribution < -0.4 is 4.90 Å². The van der Waals surface area contributed by atoms with Crippen LogP contribution in [0.4, 0.5) is 5.69 Å². The van der Waals surface area contributed by atoms with Crippen molar-refractivity contribution in [1.82, 2.24) is 0 Å². The normalized spacial score (nSPS) is 13.9. The summed E-state index contributed by atoms with van der Waals surface area (Å²) >= 11 is 0. The fourth-order valence-electron chi connectivity index (χ4n) is 2.00. The fraction of sp³-hybridized carbons (Fsp3) is 0.231. The lowest BCUT2D eigenvalue weighted by atomic mass is 10.0. The van der Waals surface area contributed by atoms with Crippen molar-refractivity contribution in [2.24, 2.45) is 0 Å². The van der Waals surface area contributed by atoms with Gasteiger partial charge in [-0.3, -0.25) is 14.5 Å². The van der Waals surface area contributed by atoms with Crippen LogP contribution in [0.25, 0.3) is 0 Å². The molecule has 1 aromatic carbocycles. The lowest BCUT2D eigenvalue weighted by molar-refractivity contribution is -0.114. The Morgan fingerprint density at radius 3 is 2.50 bits per heavy atom. The number of terminal acetylenes is 1. The fourth-order valence-corrected chi connectivity index (χ4v) is 2.00. The molecule has 0 bridgehead atoms. The zero-order chi connectivity index (χ0) is 11.9. The van der Waals surface area contributed by atoms with Crippen molar-refractivity contribution >= 4 is 17.4 Å². The molecule has 0 fully saturated rings. The Balaban J connectivity index is 2.70. The first-order valence-electron chi connectivity index (χ1n) is 4.97. The van der Waals surface area contributed by atoms with E-state index < -0.39 is 11.7 Å². The molecule has 1 aliphatic rings. The number of benzene rings is 1. The molecule has 1 aliphatic heterocycles. The molecule has 16 heavy (non-hydrogen) atoms. The summed E-state index contributed by atoms with van der Waals surface area (Å²) in [4.78, 5) is 24.9. The van der Waals surface area contributed by atoms with E-state index in [4.69, 9.17) is 6.42 Å². The minimum absolute atomic E-state index is 0.141. The molecule has 1 amide bonds. The van der Waals surface area contributed by atoms with Gasteiger partial charge >= 0.3 is 0 Å². The standard InChI is InChI=1S/C13H11NO2/c1-4-7-14-11-9(3)6-5-8(2)10(11)12(15)13(14)16/h1,5-6H,7H2,2-3H3. The molecule has 0 aliphatic carbocycles. The van der Waals surface area contributed by atoms with Gasteiger partial charge in [-0.25, -0.2) is 0 Å². The molecule has 0 saturated heterocycles. The highest BCUT2D eigenvalue weighted by atomic mass is 16.2. The number of fused-ring (bicyclic) bond motifs is 1. The maximum atomic E-state index is 11.8. The Hall–Kier alpha value is -2.08. The van der Waals surface area contributed by atoms with Crippen LogP contribution >= 0.6 is 0 Å². The summed E-state index contributed by atoms with van der Waals surface area (Å²) in [5, 5.41) is 0. The molecular formula is C13H11NO2. The van der Waals surface area contributed by atoms with Gasteiger partial charge in [0.2, 0.25) is 0 Å². The third kappa shape index (κ3) is 1.24. The molecule has 0 radical (unpaired) electrons. The van der Waals surface area contributed by atoms with Gasteiger partial charge in [0.15, 0.2) is 0 Å². The number of nitrogens with zero attached hydrogens (tertiary/aromatic N) is 1. The van der Waals surface area contributed by atoms with E-state index in [2.05, 4.69) is 5.92 Å². The van der Waals surface area contributed by atoms with Crippen LogP contribution in [-0.2, 0) is 4.79 Å². The molecule has 0 spiro atoms. The van der Waals surface area contributed by atoms with Crippen LogP contribution in [0.2, 0.25) is 0 Å². The first kappa shape index (κ1) is 10.4. The van der Waals surface area contributed by atoms with Crippen LogP contribution in [0.5, 0.6) is 0 Å². The second-order valence-electron chi connectivity index (χ2n) is 3.85. The van der Waals surface area contributed by atoms with E-state index in [1.54, 1.807) is 0 Å². The van der Waals surface area contributed by atoms with Gasteiger partial charge in [0, 0.05) is 0 Å². The summed E-state index contributed by atoms with van der Waals surface area (Å²) in [6.07, 6.45) is 5.21. The summed E-state index contributed by atoms with van der Waals surface area (Å²) < 4.78 is 0. The van der Waals surface area contributed by atoms with E-state index in [1.165, 1.54) is 4.90 Å². The minimum atomic E-state index is -0.523.